The van der Waals surface area contributed by atoms with E-state index in [0.29, 0.717) is 31.0 Å². The summed E-state index contributed by atoms with van der Waals surface area (Å²) in [5.74, 6) is -1.25. The zero-order chi connectivity index (χ0) is 14.7. The van der Waals surface area contributed by atoms with Crippen LogP contribution >= 0.6 is 11.6 Å². The summed E-state index contributed by atoms with van der Waals surface area (Å²) in [7, 11) is 0. The third-order valence-electron chi connectivity index (χ3n) is 3.85. The fourth-order valence-electron chi connectivity index (χ4n) is 2.59. The molecule has 1 aromatic carbocycles. The number of benzene rings is 1. The topological polar surface area (TPSA) is 57.6 Å². The van der Waals surface area contributed by atoms with Crippen molar-refractivity contribution in [2.24, 2.45) is 11.8 Å². The Labute approximate surface area is 123 Å². The number of halogens is 1. The average molecular weight is 296 g/mol. The molecule has 1 N–H and O–H groups in total. The maximum Gasteiger partial charge on any atom is 0.308 e. The van der Waals surface area contributed by atoms with Crippen molar-refractivity contribution in [3.8, 4) is 0 Å². The van der Waals surface area contributed by atoms with Gasteiger partial charge in [0, 0.05) is 24.5 Å². The van der Waals surface area contributed by atoms with Gasteiger partial charge in [0.25, 0.3) is 0 Å². The maximum atomic E-state index is 12.1. The number of carboxylic acid groups (broad SMARTS) is 1. The maximum absolute atomic E-state index is 12.1. The summed E-state index contributed by atoms with van der Waals surface area (Å²) in [6.07, 6.45) is 0.948. The number of carbonyl (C=O) groups is 2. The molecule has 1 aliphatic heterocycles. The molecule has 4 nitrogen and oxygen atoms in total. The lowest BCUT2D eigenvalue weighted by Gasteiger charge is -2.16. The van der Waals surface area contributed by atoms with Gasteiger partial charge in [0.15, 0.2) is 0 Å². The van der Waals surface area contributed by atoms with Gasteiger partial charge in [-0.1, -0.05) is 36.7 Å². The molecule has 20 heavy (non-hydrogen) atoms. The van der Waals surface area contributed by atoms with Gasteiger partial charge >= 0.3 is 5.97 Å². The predicted molar refractivity (Wildman–Crippen MR) is 76.6 cm³/mol. The van der Waals surface area contributed by atoms with Gasteiger partial charge in [-0.3, -0.25) is 9.59 Å². The molecule has 0 radical (unpaired) electrons. The van der Waals surface area contributed by atoms with E-state index in [-0.39, 0.29) is 11.8 Å². The van der Waals surface area contributed by atoms with Crippen molar-refractivity contribution in [2.75, 3.05) is 13.1 Å². The van der Waals surface area contributed by atoms with Gasteiger partial charge in [-0.05, 0) is 24.0 Å². The number of aliphatic carboxylic acids is 1. The lowest BCUT2D eigenvalue weighted by molar-refractivity contribution is -0.142. The highest BCUT2D eigenvalue weighted by Gasteiger charge is 2.36. The Morgan fingerprint density at radius 3 is 2.65 bits per heavy atom. The summed E-state index contributed by atoms with van der Waals surface area (Å²) in [4.78, 5) is 24.8. The average Bonchev–Trinajstić information content (AvgIpc) is 2.80. The molecule has 5 heteroatoms. The predicted octanol–water partition coefficient (Wildman–Crippen LogP) is 2.45. The van der Waals surface area contributed by atoms with Crippen LogP contribution in [0.4, 0.5) is 0 Å². The molecular weight excluding hydrogens is 278 g/mol. The third kappa shape index (κ3) is 3.31. The third-order valence-corrected chi connectivity index (χ3v) is 4.22. The number of carbonyl (C=O) groups excluding carboxylic acids is 1. The summed E-state index contributed by atoms with van der Waals surface area (Å²) in [6.45, 7) is 2.72. The normalized spacial score (nSPS) is 22.0. The molecule has 0 aromatic heterocycles. The Kier molecular flexibility index (Phi) is 4.65. The molecule has 1 heterocycles. The number of hydrogen-bond acceptors (Lipinski definition) is 2. The van der Waals surface area contributed by atoms with Crippen LogP contribution in [0.2, 0.25) is 5.02 Å². The Morgan fingerprint density at radius 1 is 1.35 bits per heavy atom. The van der Waals surface area contributed by atoms with E-state index in [1.54, 1.807) is 11.0 Å². The first-order valence-corrected chi connectivity index (χ1v) is 7.11. The quantitative estimate of drug-likeness (QED) is 0.928. The van der Waals surface area contributed by atoms with Gasteiger partial charge in [-0.2, -0.15) is 0 Å². The van der Waals surface area contributed by atoms with Crippen molar-refractivity contribution in [3.05, 3.63) is 34.9 Å². The van der Waals surface area contributed by atoms with Crippen molar-refractivity contribution in [2.45, 2.75) is 19.8 Å². The van der Waals surface area contributed by atoms with Gasteiger partial charge in [0.1, 0.15) is 0 Å². The first kappa shape index (κ1) is 14.9. The standard InChI is InChI=1S/C15H18ClNO3/c1-10-8-17(9-12(10)15(19)20)14(18)7-6-11-4-2-3-5-13(11)16/h2-5,10,12H,6-9H2,1H3,(H,19,20)/t10-,12-/m1/s1. The molecule has 2 rings (SSSR count). The van der Waals surface area contributed by atoms with Crippen LogP contribution in [0.25, 0.3) is 0 Å². The van der Waals surface area contributed by atoms with Crippen molar-refractivity contribution in [1.29, 1.82) is 0 Å². The molecule has 0 aliphatic carbocycles. The Morgan fingerprint density at radius 2 is 2.05 bits per heavy atom. The minimum Gasteiger partial charge on any atom is -0.481 e. The van der Waals surface area contributed by atoms with Gasteiger partial charge < -0.3 is 10.0 Å². The highest BCUT2D eigenvalue weighted by atomic mass is 35.5. The minimum absolute atomic E-state index is 0.000481. The van der Waals surface area contributed by atoms with Crippen LogP contribution in [0, 0.1) is 11.8 Å². The van der Waals surface area contributed by atoms with Crippen molar-refractivity contribution in [1.82, 2.24) is 4.90 Å². The van der Waals surface area contributed by atoms with Crippen LogP contribution in [-0.2, 0) is 16.0 Å². The van der Waals surface area contributed by atoms with E-state index in [4.69, 9.17) is 16.7 Å². The molecular formula is C15H18ClNO3. The second-order valence-electron chi connectivity index (χ2n) is 5.31. The smallest absolute Gasteiger partial charge is 0.308 e. The fourth-order valence-corrected chi connectivity index (χ4v) is 2.82. The summed E-state index contributed by atoms with van der Waals surface area (Å²) < 4.78 is 0. The molecule has 1 aliphatic rings. The number of amides is 1. The van der Waals surface area contributed by atoms with Crippen molar-refractivity contribution < 1.29 is 14.7 Å². The lowest BCUT2D eigenvalue weighted by atomic mass is 9.99. The number of likely N-dealkylation sites (tertiary alicyclic amines) is 1. The number of hydrogen-bond donors (Lipinski definition) is 1. The number of nitrogens with zero attached hydrogens (tertiary/aromatic N) is 1. The van der Waals surface area contributed by atoms with E-state index < -0.39 is 11.9 Å². The van der Waals surface area contributed by atoms with Crippen LogP contribution < -0.4 is 0 Å². The zero-order valence-corrected chi connectivity index (χ0v) is 12.1. The summed E-state index contributed by atoms with van der Waals surface area (Å²) >= 11 is 6.05. The number of carboxylic acids is 1. The van der Waals surface area contributed by atoms with E-state index in [9.17, 15) is 9.59 Å². The number of aryl methyl sites for hydroxylation is 1. The monoisotopic (exact) mass is 295 g/mol. The molecule has 0 saturated carbocycles. The Bertz CT molecular complexity index is 518. The molecule has 108 valence electrons. The summed E-state index contributed by atoms with van der Waals surface area (Å²) in [6, 6.07) is 7.46. The van der Waals surface area contributed by atoms with Crippen molar-refractivity contribution >= 4 is 23.5 Å². The van der Waals surface area contributed by atoms with E-state index in [1.807, 2.05) is 25.1 Å². The molecule has 1 fully saturated rings. The van der Waals surface area contributed by atoms with E-state index >= 15 is 0 Å². The van der Waals surface area contributed by atoms with Gasteiger partial charge in [-0.25, -0.2) is 0 Å². The molecule has 0 bridgehead atoms. The Hall–Kier alpha value is -1.55. The highest BCUT2D eigenvalue weighted by molar-refractivity contribution is 6.31. The minimum atomic E-state index is -0.820. The first-order valence-electron chi connectivity index (χ1n) is 6.73. The fraction of sp³-hybridized carbons (Fsp3) is 0.467. The lowest BCUT2D eigenvalue weighted by Crippen LogP contribution is -2.30. The second-order valence-corrected chi connectivity index (χ2v) is 5.72. The van der Waals surface area contributed by atoms with Gasteiger partial charge in [0.05, 0.1) is 5.92 Å². The van der Waals surface area contributed by atoms with Crippen LogP contribution in [0.15, 0.2) is 24.3 Å². The van der Waals surface area contributed by atoms with E-state index in [1.165, 1.54) is 0 Å². The molecule has 1 amide bonds. The summed E-state index contributed by atoms with van der Waals surface area (Å²) in [5.41, 5.74) is 0.949. The largest absolute Gasteiger partial charge is 0.481 e. The molecule has 1 aromatic rings. The summed E-state index contributed by atoms with van der Waals surface area (Å²) in [5, 5.41) is 9.74. The first-order chi connectivity index (χ1) is 9.49. The van der Waals surface area contributed by atoms with Crippen LogP contribution in [0.3, 0.4) is 0 Å². The van der Waals surface area contributed by atoms with Crippen LogP contribution in [0.1, 0.15) is 18.9 Å². The second kappa shape index (κ2) is 6.27. The number of rotatable bonds is 4. The van der Waals surface area contributed by atoms with E-state index in [2.05, 4.69) is 0 Å². The van der Waals surface area contributed by atoms with Crippen molar-refractivity contribution in [3.63, 3.8) is 0 Å². The van der Waals surface area contributed by atoms with Gasteiger partial charge in [0.2, 0.25) is 5.91 Å². The van der Waals surface area contributed by atoms with E-state index in [0.717, 1.165) is 5.56 Å². The van der Waals surface area contributed by atoms with Gasteiger partial charge in [-0.15, -0.1) is 0 Å². The highest BCUT2D eigenvalue weighted by Crippen LogP contribution is 2.24. The van der Waals surface area contributed by atoms with Crippen LogP contribution in [0.5, 0.6) is 0 Å². The van der Waals surface area contributed by atoms with Crippen LogP contribution in [-0.4, -0.2) is 35.0 Å². The molecule has 0 spiro atoms. The zero-order valence-electron chi connectivity index (χ0n) is 11.4. The molecule has 1 saturated heterocycles. The SMILES string of the molecule is C[C@@H]1CN(C(=O)CCc2ccccc2Cl)C[C@H]1C(=O)O. The Balaban J connectivity index is 1.90. The molecule has 2 atom stereocenters. The molecule has 0 unspecified atom stereocenters.